The quantitative estimate of drug-likeness (QED) is 0.797. The highest BCUT2D eigenvalue weighted by atomic mass is 32.2. The molecule has 1 fully saturated rings. The molecule has 1 saturated heterocycles. The monoisotopic (exact) mass is 326 g/mol. The molecule has 1 aromatic rings. The molecule has 2 heterocycles. The minimum Gasteiger partial charge on any atom is -0.370 e. The summed E-state index contributed by atoms with van der Waals surface area (Å²) in [6.07, 6.45) is 1.10. The molecule has 0 aliphatic carbocycles. The molecule has 118 valence electrons. The third kappa shape index (κ3) is 5.58. The Morgan fingerprint density at radius 2 is 2.00 bits per heavy atom. The summed E-state index contributed by atoms with van der Waals surface area (Å²) in [7, 11) is 0. The highest BCUT2D eigenvalue weighted by molar-refractivity contribution is 8.06. The molecular formula is C15H26N4S2. The zero-order valence-electron chi connectivity index (χ0n) is 13.2. The summed E-state index contributed by atoms with van der Waals surface area (Å²) in [6, 6.07) is 2.03. The molecule has 0 aromatic carbocycles. The molecule has 21 heavy (non-hydrogen) atoms. The maximum absolute atomic E-state index is 4.65. The molecule has 4 nitrogen and oxygen atoms in total. The summed E-state index contributed by atoms with van der Waals surface area (Å²) >= 11 is 4.12. The molecule has 0 radical (unpaired) electrons. The van der Waals surface area contributed by atoms with Gasteiger partial charge in [0.15, 0.2) is 0 Å². The second-order valence-electron chi connectivity index (χ2n) is 5.53. The number of hydrogen-bond donors (Lipinski definition) is 2. The van der Waals surface area contributed by atoms with E-state index in [4.69, 9.17) is 0 Å². The van der Waals surface area contributed by atoms with E-state index in [1.165, 1.54) is 17.3 Å². The predicted molar refractivity (Wildman–Crippen MR) is 97.0 cm³/mol. The third-order valence-corrected chi connectivity index (χ3v) is 6.06. The van der Waals surface area contributed by atoms with E-state index >= 15 is 0 Å². The second kappa shape index (κ2) is 8.73. The Balaban J connectivity index is 2.00. The van der Waals surface area contributed by atoms with Gasteiger partial charge in [0.2, 0.25) is 0 Å². The lowest BCUT2D eigenvalue weighted by Gasteiger charge is -2.21. The Hall–Kier alpha value is -0.620. The topological polar surface area (TPSA) is 49.8 Å². The Morgan fingerprint density at radius 1 is 1.24 bits per heavy atom. The van der Waals surface area contributed by atoms with Crippen LogP contribution in [-0.4, -0.2) is 45.6 Å². The normalized spacial score (nSPS) is 18.8. The predicted octanol–water partition coefficient (Wildman–Crippen LogP) is 3.68. The van der Waals surface area contributed by atoms with Crippen LogP contribution >= 0.6 is 23.5 Å². The average Bonchev–Trinajstić information content (AvgIpc) is 2.51. The summed E-state index contributed by atoms with van der Waals surface area (Å²) in [5, 5.41) is 7.56. The highest BCUT2D eigenvalue weighted by Gasteiger charge is 2.15. The SMILES string of the molecule is CCCNc1cc(NCC2CSCCS2)nc(C(C)C)n1. The number of nitrogens with one attached hydrogen (secondary N) is 2. The molecule has 6 heteroatoms. The van der Waals surface area contributed by atoms with Gasteiger partial charge in [-0.05, 0) is 6.42 Å². The highest BCUT2D eigenvalue weighted by Crippen LogP contribution is 2.24. The number of hydrogen-bond acceptors (Lipinski definition) is 6. The van der Waals surface area contributed by atoms with Crippen LogP contribution in [0.5, 0.6) is 0 Å². The van der Waals surface area contributed by atoms with E-state index in [0.29, 0.717) is 11.2 Å². The number of anilines is 2. The molecule has 0 amide bonds. The van der Waals surface area contributed by atoms with Gasteiger partial charge in [-0.2, -0.15) is 23.5 Å². The van der Waals surface area contributed by atoms with Crippen molar-refractivity contribution < 1.29 is 0 Å². The van der Waals surface area contributed by atoms with Gasteiger partial charge >= 0.3 is 0 Å². The standard InChI is InChI=1S/C15H26N4S2/c1-4-5-16-13-8-14(19-15(18-13)11(2)3)17-9-12-10-20-6-7-21-12/h8,11-12H,4-7,9-10H2,1-3H3,(H2,16,17,18,19). The van der Waals surface area contributed by atoms with Crippen molar-refractivity contribution in [3.8, 4) is 0 Å². The summed E-state index contributed by atoms with van der Waals surface area (Å²) < 4.78 is 0. The van der Waals surface area contributed by atoms with Crippen LogP contribution in [0.4, 0.5) is 11.6 Å². The Kier molecular flexibility index (Phi) is 6.96. The Labute approximate surface area is 136 Å². The number of aromatic nitrogens is 2. The summed E-state index contributed by atoms with van der Waals surface area (Å²) in [5.74, 6) is 6.92. The summed E-state index contributed by atoms with van der Waals surface area (Å²) in [4.78, 5) is 9.24. The molecule has 0 saturated carbocycles. The van der Waals surface area contributed by atoms with Gasteiger partial charge in [-0.1, -0.05) is 20.8 Å². The summed E-state index contributed by atoms with van der Waals surface area (Å²) in [5.41, 5.74) is 0. The number of nitrogens with zero attached hydrogens (tertiary/aromatic N) is 2. The third-order valence-electron chi connectivity index (χ3n) is 3.21. The zero-order chi connectivity index (χ0) is 15.1. The van der Waals surface area contributed by atoms with E-state index in [2.05, 4.69) is 64.9 Å². The first kappa shape index (κ1) is 16.7. The molecular weight excluding hydrogens is 300 g/mol. The van der Waals surface area contributed by atoms with Crippen molar-refractivity contribution >= 4 is 35.2 Å². The first-order chi connectivity index (χ1) is 10.2. The van der Waals surface area contributed by atoms with Gasteiger partial charge in [0.05, 0.1) is 0 Å². The smallest absolute Gasteiger partial charge is 0.135 e. The van der Waals surface area contributed by atoms with Crippen LogP contribution in [0.3, 0.4) is 0 Å². The molecule has 2 N–H and O–H groups in total. The van der Waals surface area contributed by atoms with E-state index in [1.54, 1.807) is 0 Å². The van der Waals surface area contributed by atoms with E-state index in [9.17, 15) is 0 Å². The van der Waals surface area contributed by atoms with Crippen LogP contribution in [-0.2, 0) is 0 Å². The molecule has 0 bridgehead atoms. The van der Waals surface area contributed by atoms with Crippen molar-refractivity contribution in [3.63, 3.8) is 0 Å². The maximum atomic E-state index is 4.65. The lowest BCUT2D eigenvalue weighted by atomic mass is 10.2. The lowest BCUT2D eigenvalue weighted by Crippen LogP contribution is -2.24. The molecule has 1 aromatic heterocycles. The molecule has 2 rings (SSSR count). The van der Waals surface area contributed by atoms with Gasteiger partial charge < -0.3 is 10.6 Å². The van der Waals surface area contributed by atoms with Crippen LogP contribution in [0, 0.1) is 0 Å². The van der Waals surface area contributed by atoms with E-state index in [1.807, 2.05) is 6.07 Å². The molecule has 0 spiro atoms. The van der Waals surface area contributed by atoms with Crippen LogP contribution < -0.4 is 10.6 Å². The minimum atomic E-state index is 0.341. The summed E-state index contributed by atoms with van der Waals surface area (Å²) in [6.45, 7) is 8.36. The van der Waals surface area contributed by atoms with E-state index in [0.717, 1.165) is 37.0 Å². The molecule has 1 atom stereocenters. The molecule has 1 aliphatic heterocycles. The van der Waals surface area contributed by atoms with Gasteiger partial charge in [-0.3, -0.25) is 0 Å². The van der Waals surface area contributed by atoms with Crippen molar-refractivity contribution in [1.29, 1.82) is 0 Å². The van der Waals surface area contributed by atoms with Crippen molar-refractivity contribution in [2.24, 2.45) is 0 Å². The minimum absolute atomic E-state index is 0.341. The van der Waals surface area contributed by atoms with Crippen LogP contribution in [0.2, 0.25) is 0 Å². The van der Waals surface area contributed by atoms with Crippen molar-refractivity contribution in [2.75, 3.05) is 41.0 Å². The van der Waals surface area contributed by atoms with Gasteiger partial charge in [0.1, 0.15) is 17.5 Å². The zero-order valence-corrected chi connectivity index (χ0v) is 14.8. The number of thioether (sulfide) groups is 2. The fourth-order valence-corrected chi connectivity index (χ4v) is 4.64. The fourth-order valence-electron chi connectivity index (χ4n) is 2.03. The van der Waals surface area contributed by atoms with Crippen LogP contribution in [0.1, 0.15) is 38.9 Å². The van der Waals surface area contributed by atoms with Gasteiger partial charge in [-0.25, -0.2) is 9.97 Å². The van der Waals surface area contributed by atoms with Gasteiger partial charge in [0, 0.05) is 47.6 Å². The molecule has 1 unspecified atom stereocenters. The van der Waals surface area contributed by atoms with Crippen LogP contribution in [0.25, 0.3) is 0 Å². The van der Waals surface area contributed by atoms with Crippen molar-refractivity contribution in [3.05, 3.63) is 11.9 Å². The van der Waals surface area contributed by atoms with Crippen LogP contribution in [0.15, 0.2) is 6.07 Å². The maximum Gasteiger partial charge on any atom is 0.135 e. The van der Waals surface area contributed by atoms with Gasteiger partial charge in [0.25, 0.3) is 0 Å². The van der Waals surface area contributed by atoms with E-state index in [-0.39, 0.29) is 0 Å². The van der Waals surface area contributed by atoms with Crippen molar-refractivity contribution in [2.45, 2.75) is 38.4 Å². The Morgan fingerprint density at radius 3 is 2.62 bits per heavy atom. The van der Waals surface area contributed by atoms with E-state index < -0.39 is 0 Å². The Bertz CT molecular complexity index is 434. The molecule has 1 aliphatic rings. The average molecular weight is 327 g/mol. The second-order valence-corrected chi connectivity index (χ2v) is 8.08. The first-order valence-corrected chi connectivity index (χ1v) is 9.95. The number of rotatable bonds is 7. The largest absolute Gasteiger partial charge is 0.370 e. The fraction of sp³-hybridized carbons (Fsp3) is 0.733. The first-order valence-electron chi connectivity index (χ1n) is 7.75. The lowest BCUT2D eigenvalue weighted by molar-refractivity contribution is 0.773. The van der Waals surface area contributed by atoms with Gasteiger partial charge in [-0.15, -0.1) is 0 Å². The van der Waals surface area contributed by atoms with Crippen molar-refractivity contribution in [1.82, 2.24) is 9.97 Å².